The summed E-state index contributed by atoms with van der Waals surface area (Å²) in [4.78, 5) is 30.1. The lowest BCUT2D eigenvalue weighted by Crippen LogP contribution is -2.34. The molecule has 200 valence electrons. The number of rotatable bonds is 11. The van der Waals surface area contributed by atoms with E-state index in [4.69, 9.17) is 25.6 Å². The predicted octanol–water partition coefficient (Wildman–Crippen LogP) is 2.46. The molecular weight excluding hydrogens is 515 g/mol. The van der Waals surface area contributed by atoms with E-state index in [9.17, 15) is 24.5 Å². The maximum atomic E-state index is 12.1. The number of hydrogen-bond acceptors (Lipinski definition) is 10. The first-order valence-electron chi connectivity index (χ1n) is 11.9. The number of Topliss-reactive ketones (excluding diaryl/α,β-unsaturated/α-hetero) is 1. The fraction of sp³-hybridized carbons (Fsp3) is 0.682. The Morgan fingerprint density at radius 1 is 1.31 bits per heavy atom. The number of carbonyl (C=O) groups is 1. The van der Waals surface area contributed by atoms with Crippen LogP contribution >= 0.6 is 19.2 Å². The van der Waals surface area contributed by atoms with Crippen LogP contribution in [0.4, 0.5) is 5.82 Å². The smallest absolute Gasteiger partial charge is 0.353 e. The van der Waals surface area contributed by atoms with Gasteiger partial charge in [0.15, 0.2) is 12.0 Å². The molecule has 4 N–H and O–H groups in total. The van der Waals surface area contributed by atoms with Gasteiger partial charge in [-0.3, -0.25) is 13.9 Å². The Morgan fingerprint density at radius 3 is 2.72 bits per heavy atom. The van der Waals surface area contributed by atoms with E-state index in [1.54, 1.807) is 30.7 Å². The second-order valence-corrected chi connectivity index (χ2v) is 11.6. The molecular formula is C22H32ClN4O8P. The summed E-state index contributed by atoms with van der Waals surface area (Å²) >= 11 is 6.18. The van der Waals surface area contributed by atoms with E-state index >= 15 is 0 Å². The van der Waals surface area contributed by atoms with Crippen LogP contribution in [0.15, 0.2) is 12.3 Å². The van der Waals surface area contributed by atoms with Gasteiger partial charge in [-0.15, -0.1) is 0 Å². The molecule has 0 radical (unpaired) electrons. The van der Waals surface area contributed by atoms with Crippen molar-refractivity contribution in [3.8, 4) is 0 Å². The maximum Gasteiger partial charge on any atom is 0.353 e. The Labute approximate surface area is 213 Å². The normalized spacial score (nSPS) is 26.6. The Kier molecular flexibility index (Phi) is 8.68. The molecule has 2 aliphatic rings. The first-order chi connectivity index (χ1) is 17.1. The van der Waals surface area contributed by atoms with Gasteiger partial charge in [-0.05, 0) is 30.5 Å². The van der Waals surface area contributed by atoms with Gasteiger partial charge in [0.2, 0.25) is 5.28 Å². The van der Waals surface area contributed by atoms with Crippen LogP contribution in [-0.2, 0) is 23.4 Å². The summed E-state index contributed by atoms with van der Waals surface area (Å²) < 4.78 is 29.6. The lowest BCUT2D eigenvalue weighted by atomic mass is 10.1. The van der Waals surface area contributed by atoms with E-state index in [0.29, 0.717) is 22.9 Å². The molecule has 14 heteroatoms. The largest absolute Gasteiger partial charge is 0.387 e. The molecule has 0 amide bonds. The summed E-state index contributed by atoms with van der Waals surface area (Å²) in [7, 11) is -4.18. The van der Waals surface area contributed by atoms with Crippen molar-refractivity contribution in [3.05, 3.63) is 17.5 Å². The number of aromatic nitrogens is 3. The highest BCUT2D eigenvalue weighted by molar-refractivity contribution is 7.52. The van der Waals surface area contributed by atoms with Crippen LogP contribution in [0.25, 0.3) is 11.0 Å². The molecule has 0 aromatic carbocycles. The lowest BCUT2D eigenvalue weighted by molar-refractivity contribution is -0.124. The molecule has 1 saturated heterocycles. The van der Waals surface area contributed by atoms with E-state index < -0.39 is 45.1 Å². The molecule has 1 aliphatic carbocycles. The fourth-order valence-corrected chi connectivity index (χ4v) is 5.24. The van der Waals surface area contributed by atoms with E-state index in [1.807, 2.05) is 0 Å². The molecule has 2 aromatic heterocycles. The van der Waals surface area contributed by atoms with Crippen molar-refractivity contribution in [1.82, 2.24) is 14.5 Å². The Balaban J connectivity index is 1.41. The van der Waals surface area contributed by atoms with E-state index in [-0.39, 0.29) is 23.6 Å². The van der Waals surface area contributed by atoms with Crippen molar-refractivity contribution in [2.75, 3.05) is 24.9 Å². The Bertz CT molecular complexity index is 1120. The van der Waals surface area contributed by atoms with Crippen LogP contribution in [0.1, 0.15) is 45.8 Å². The van der Waals surface area contributed by atoms with Crippen molar-refractivity contribution in [1.29, 1.82) is 0 Å². The van der Waals surface area contributed by atoms with Gasteiger partial charge >= 0.3 is 7.60 Å². The third-order valence-electron chi connectivity index (χ3n) is 6.44. The molecule has 36 heavy (non-hydrogen) atoms. The zero-order valence-electron chi connectivity index (χ0n) is 20.1. The number of nitrogens with zero attached hydrogens (tertiary/aromatic N) is 3. The number of nitrogens with one attached hydrogen (secondary N) is 1. The molecule has 1 saturated carbocycles. The van der Waals surface area contributed by atoms with Gasteiger partial charge in [0, 0.05) is 18.2 Å². The molecule has 12 nitrogen and oxygen atoms in total. The molecule has 2 aromatic rings. The van der Waals surface area contributed by atoms with Crippen molar-refractivity contribution in [3.63, 3.8) is 0 Å². The Hall–Kier alpha value is -1.63. The predicted molar refractivity (Wildman–Crippen MR) is 131 cm³/mol. The minimum absolute atomic E-state index is 0.0329. The van der Waals surface area contributed by atoms with Crippen LogP contribution in [0.3, 0.4) is 0 Å². The standard InChI is InChI=1S/C22H32ClN4O8P/c1-12(2)15(28)9-34-36(31,32)11-33-10-16-17(29)18(30)21(35-16)27-8-7-14-19(24-13-5-3-4-6-13)25-22(23)26-20(14)27/h7-8,12-13,16-18,21,29-30H,3-6,9-11H2,1-2H3,(H,31,32)(H,24,25,26)/t16-,17-,18-,21-/m1/s1. The minimum Gasteiger partial charge on any atom is -0.387 e. The molecule has 5 atom stereocenters. The topological polar surface area (TPSA) is 165 Å². The van der Waals surface area contributed by atoms with Crippen molar-refractivity contribution in [2.24, 2.45) is 5.92 Å². The summed E-state index contributed by atoms with van der Waals surface area (Å²) in [6.07, 6.45) is 0.709. The van der Waals surface area contributed by atoms with E-state index in [0.717, 1.165) is 25.7 Å². The third kappa shape index (κ3) is 6.25. The van der Waals surface area contributed by atoms with Crippen LogP contribution in [-0.4, -0.2) is 79.3 Å². The van der Waals surface area contributed by atoms with Gasteiger partial charge < -0.3 is 34.5 Å². The summed E-state index contributed by atoms with van der Waals surface area (Å²) in [5.41, 5.74) is 0.427. The highest BCUT2D eigenvalue weighted by Gasteiger charge is 2.44. The molecule has 0 bridgehead atoms. The van der Waals surface area contributed by atoms with Gasteiger partial charge in [0.25, 0.3) is 0 Å². The zero-order chi connectivity index (χ0) is 26.0. The first-order valence-corrected chi connectivity index (χ1v) is 14.1. The van der Waals surface area contributed by atoms with Crippen LogP contribution in [0, 0.1) is 5.92 Å². The number of ether oxygens (including phenoxy) is 2. The zero-order valence-corrected chi connectivity index (χ0v) is 21.8. The number of aliphatic hydroxyl groups excluding tert-OH is 2. The first kappa shape index (κ1) is 27.4. The van der Waals surface area contributed by atoms with Crippen LogP contribution in [0.5, 0.6) is 0 Å². The molecule has 3 heterocycles. The number of aliphatic hydroxyl groups is 2. The molecule has 1 unspecified atom stereocenters. The van der Waals surface area contributed by atoms with E-state index in [1.165, 1.54) is 0 Å². The van der Waals surface area contributed by atoms with Crippen LogP contribution < -0.4 is 5.32 Å². The number of anilines is 1. The summed E-state index contributed by atoms with van der Waals surface area (Å²) in [5.74, 6) is -0.0432. The second-order valence-electron chi connectivity index (χ2n) is 9.51. The molecule has 1 aliphatic heterocycles. The average Bonchev–Trinajstić information content (AvgIpc) is 3.54. The van der Waals surface area contributed by atoms with Gasteiger partial charge in [-0.2, -0.15) is 4.98 Å². The molecule has 0 spiro atoms. The fourth-order valence-electron chi connectivity index (χ4n) is 4.33. The highest BCUT2D eigenvalue weighted by Crippen LogP contribution is 2.42. The Morgan fingerprint density at radius 2 is 2.03 bits per heavy atom. The van der Waals surface area contributed by atoms with Gasteiger partial charge in [0.05, 0.1) is 12.0 Å². The van der Waals surface area contributed by atoms with E-state index in [2.05, 4.69) is 15.3 Å². The van der Waals surface area contributed by atoms with Crippen LogP contribution in [0.2, 0.25) is 5.28 Å². The number of hydrogen-bond donors (Lipinski definition) is 4. The summed E-state index contributed by atoms with van der Waals surface area (Å²) in [6.45, 7) is 2.53. The van der Waals surface area contributed by atoms with Crippen molar-refractivity contribution >= 4 is 41.8 Å². The molecule has 4 rings (SSSR count). The molecule has 2 fully saturated rings. The van der Waals surface area contributed by atoms with Crippen molar-refractivity contribution < 1.29 is 38.5 Å². The number of fused-ring (bicyclic) bond motifs is 1. The summed E-state index contributed by atoms with van der Waals surface area (Å²) in [6, 6.07) is 2.08. The average molecular weight is 547 g/mol. The minimum atomic E-state index is -4.18. The number of halogens is 1. The highest BCUT2D eigenvalue weighted by atomic mass is 35.5. The quantitative estimate of drug-likeness (QED) is 0.241. The summed E-state index contributed by atoms with van der Waals surface area (Å²) in [5, 5.41) is 25.3. The van der Waals surface area contributed by atoms with Gasteiger partial charge in [-0.25, -0.2) is 4.98 Å². The third-order valence-corrected chi connectivity index (χ3v) is 7.65. The number of carbonyl (C=O) groups excluding carboxylic acids is 1. The second kappa shape index (κ2) is 11.4. The van der Waals surface area contributed by atoms with Gasteiger partial charge in [-0.1, -0.05) is 26.7 Å². The number of ketones is 1. The monoisotopic (exact) mass is 546 g/mol. The maximum absolute atomic E-state index is 12.1. The lowest BCUT2D eigenvalue weighted by Gasteiger charge is -2.18. The SMILES string of the molecule is CC(C)C(=O)COP(=O)(O)COC[C@H]1O[C@@H](n2ccc3c(NC4CCCC4)nc(Cl)nc32)[C@H](O)[C@@H]1O. The van der Waals surface area contributed by atoms with Gasteiger partial charge in [0.1, 0.15) is 42.7 Å². The van der Waals surface area contributed by atoms with Crippen molar-refractivity contribution in [2.45, 2.75) is 70.1 Å².